The van der Waals surface area contributed by atoms with Crippen LogP contribution in [0.15, 0.2) is 41.4 Å². The van der Waals surface area contributed by atoms with Gasteiger partial charge in [0, 0.05) is 34.9 Å². The zero-order valence-corrected chi connectivity index (χ0v) is 13.0. The Morgan fingerprint density at radius 1 is 1.23 bits per heavy atom. The normalized spacial score (nSPS) is 20.8. The van der Waals surface area contributed by atoms with Gasteiger partial charge in [0.05, 0.1) is 11.3 Å². The number of aromatic nitrogens is 4. The zero-order valence-electron chi connectivity index (χ0n) is 11.5. The van der Waals surface area contributed by atoms with Crippen LogP contribution in [-0.2, 0) is 0 Å². The number of nitrogens with zero attached hydrogens (tertiary/aromatic N) is 4. The molecule has 22 heavy (non-hydrogen) atoms. The molecule has 0 bridgehead atoms. The first-order valence-electron chi connectivity index (χ1n) is 6.97. The fraction of sp³-hybridized carbons (Fsp3) is 0.267. The van der Waals surface area contributed by atoms with E-state index in [9.17, 15) is 0 Å². The number of imidazole rings is 1. The van der Waals surface area contributed by atoms with Crippen molar-refractivity contribution in [2.45, 2.75) is 24.8 Å². The van der Waals surface area contributed by atoms with Crippen LogP contribution in [0.5, 0.6) is 0 Å². The highest BCUT2D eigenvalue weighted by molar-refractivity contribution is 6.36. The third-order valence-corrected chi connectivity index (χ3v) is 4.57. The Labute approximate surface area is 136 Å². The molecular weight excluding hydrogens is 323 g/mol. The van der Waals surface area contributed by atoms with E-state index in [0.29, 0.717) is 33.7 Å². The van der Waals surface area contributed by atoms with Gasteiger partial charge in [0.15, 0.2) is 0 Å². The Kier molecular flexibility index (Phi) is 3.39. The van der Waals surface area contributed by atoms with E-state index in [4.69, 9.17) is 27.7 Å². The van der Waals surface area contributed by atoms with Gasteiger partial charge in [0.25, 0.3) is 0 Å². The topological polar surface area (TPSA) is 56.7 Å². The Hall–Kier alpha value is -1.85. The Morgan fingerprint density at radius 2 is 2.09 bits per heavy atom. The highest BCUT2D eigenvalue weighted by Gasteiger charge is 2.35. The Bertz CT molecular complexity index is 794. The highest BCUT2D eigenvalue weighted by Crippen LogP contribution is 2.44. The van der Waals surface area contributed by atoms with Crippen LogP contribution >= 0.6 is 23.2 Å². The van der Waals surface area contributed by atoms with Crippen LogP contribution in [0, 0.1) is 0 Å². The molecular formula is C15H12Cl2N4O. The van der Waals surface area contributed by atoms with E-state index in [1.165, 1.54) is 0 Å². The summed E-state index contributed by atoms with van der Waals surface area (Å²) in [5, 5.41) is 5.14. The number of rotatable bonds is 3. The number of halogens is 2. The lowest BCUT2D eigenvalue weighted by Crippen LogP contribution is -2.24. The van der Waals surface area contributed by atoms with Gasteiger partial charge in [-0.3, -0.25) is 0 Å². The van der Waals surface area contributed by atoms with Crippen LogP contribution in [0.4, 0.5) is 0 Å². The highest BCUT2D eigenvalue weighted by atomic mass is 35.5. The van der Waals surface area contributed by atoms with Crippen molar-refractivity contribution in [2.75, 3.05) is 0 Å². The average molecular weight is 335 g/mol. The summed E-state index contributed by atoms with van der Waals surface area (Å²) in [7, 11) is 0. The van der Waals surface area contributed by atoms with Crippen LogP contribution < -0.4 is 0 Å². The van der Waals surface area contributed by atoms with Crippen molar-refractivity contribution in [1.29, 1.82) is 0 Å². The third kappa shape index (κ3) is 2.40. The van der Waals surface area contributed by atoms with Gasteiger partial charge in [-0.1, -0.05) is 28.4 Å². The molecule has 0 N–H and O–H groups in total. The predicted molar refractivity (Wildman–Crippen MR) is 83.0 cm³/mol. The largest absolute Gasteiger partial charge is 0.339 e. The first-order chi connectivity index (χ1) is 10.7. The van der Waals surface area contributed by atoms with Crippen LogP contribution in [0.25, 0.3) is 11.4 Å². The molecule has 7 heteroatoms. The van der Waals surface area contributed by atoms with Crippen molar-refractivity contribution in [1.82, 2.24) is 19.7 Å². The summed E-state index contributed by atoms with van der Waals surface area (Å²) in [6.07, 6.45) is 7.57. The molecule has 3 aromatic rings. The molecule has 0 atom stereocenters. The standard InChI is InChI=1S/C15H12Cl2N4O/c16-10-1-2-12(13(17)7-10)14-19-15(22-20-14)9-5-11(6-9)21-4-3-18-8-21/h1-4,7-9,11H,5-6H2. The first kappa shape index (κ1) is 13.8. The molecule has 4 rings (SSSR count). The maximum Gasteiger partial charge on any atom is 0.230 e. The van der Waals surface area contributed by atoms with Gasteiger partial charge in [-0.15, -0.1) is 0 Å². The lowest BCUT2D eigenvalue weighted by molar-refractivity contribution is 0.214. The summed E-state index contributed by atoms with van der Waals surface area (Å²) >= 11 is 12.1. The minimum Gasteiger partial charge on any atom is -0.339 e. The van der Waals surface area contributed by atoms with Crippen LogP contribution in [0.3, 0.4) is 0 Å². The smallest absolute Gasteiger partial charge is 0.230 e. The molecule has 0 radical (unpaired) electrons. The van der Waals surface area contributed by atoms with Gasteiger partial charge in [-0.05, 0) is 31.0 Å². The lowest BCUT2D eigenvalue weighted by atomic mass is 9.80. The number of benzene rings is 1. The minimum absolute atomic E-state index is 0.291. The van der Waals surface area contributed by atoms with Gasteiger partial charge in [-0.2, -0.15) is 4.98 Å². The van der Waals surface area contributed by atoms with Gasteiger partial charge in [0.2, 0.25) is 11.7 Å². The second-order valence-electron chi connectivity index (χ2n) is 5.41. The first-order valence-corrected chi connectivity index (χ1v) is 7.73. The SMILES string of the molecule is Clc1ccc(-c2noc(C3CC(n4ccnc4)C3)n2)c(Cl)c1. The maximum absolute atomic E-state index is 6.18. The summed E-state index contributed by atoms with van der Waals surface area (Å²) < 4.78 is 7.51. The molecule has 1 aliphatic carbocycles. The molecule has 1 aromatic carbocycles. The van der Waals surface area contributed by atoms with Crippen molar-refractivity contribution in [2.24, 2.45) is 0 Å². The van der Waals surface area contributed by atoms with Gasteiger partial charge in [0.1, 0.15) is 0 Å². The van der Waals surface area contributed by atoms with E-state index < -0.39 is 0 Å². The molecule has 0 saturated heterocycles. The maximum atomic E-state index is 6.18. The summed E-state index contributed by atoms with van der Waals surface area (Å²) in [5.74, 6) is 1.46. The molecule has 112 valence electrons. The van der Waals surface area contributed by atoms with E-state index >= 15 is 0 Å². The average Bonchev–Trinajstić information content (AvgIpc) is 3.09. The quantitative estimate of drug-likeness (QED) is 0.714. The molecule has 2 aromatic heterocycles. The molecule has 0 aliphatic heterocycles. The molecule has 1 aliphatic rings. The van der Waals surface area contributed by atoms with Gasteiger partial charge < -0.3 is 9.09 Å². The predicted octanol–water partition coefficient (Wildman–Crippen LogP) is 4.36. The molecule has 1 fully saturated rings. The molecule has 1 saturated carbocycles. The second kappa shape index (κ2) is 5.41. The summed E-state index contributed by atoms with van der Waals surface area (Å²) in [4.78, 5) is 8.55. The lowest BCUT2D eigenvalue weighted by Gasteiger charge is -2.33. The Balaban J connectivity index is 1.51. The third-order valence-electron chi connectivity index (χ3n) is 4.02. The van der Waals surface area contributed by atoms with Crippen molar-refractivity contribution in [3.8, 4) is 11.4 Å². The molecule has 0 amide bonds. The van der Waals surface area contributed by atoms with Gasteiger partial charge in [-0.25, -0.2) is 4.98 Å². The fourth-order valence-electron chi connectivity index (χ4n) is 2.70. The van der Waals surface area contributed by atoms with Crippen molar-refractivity contribution >= 4 is 23.2 Å². The number of hydrogen-bond acceptors (Lipinski definition) is 4. The molecule has 0 unspecified atom stereocenters. The Morgan fingerprint density at radius 3 is 2.82 bits per heavy atom. The monoisotopic (exact) mass is 334 g/mol. The van der Waals surface area contributed by atoms with Crippen molar-refractivity contribution in [3.05, 3.63) is 52.9 Å². The summed E-state index contributed by atoms with van der Waals surface area (Å²) in [6.45, 7) is 0. The minimum atomic E-state index is 0.291. The van der Waals surface area contributed by atoms with E-state index in [2.05, 4.69) is 19.7 Å². The van der Waals surface area contributed by atoms with Crippen molar-refractivity contribution in [3.63, 3.8) is 0 Å². The van der Waals surface area contributed by atoms with Gasteiger partial charge >= 0.3 is 0 Å². The second-order valence-corrected chi connectivity index (χ2v) is 6.26. The van der Waals surface area contributed by atoms with Crippen molar-refractivity contribution < 1.29 is 4.52 Å². The fourth-order valence-corrected chi connectivity index (χ4v) is 3.19. The van der Waals surface area contributed by atoms with Crippen LogP contribution in [-0.4, -0.2) is 19.7 Å². The van der Waals surface area contributed by atoms with E-state index in [1.54, 1.807) is 24.4 Å². The summed E-state index contributed by atoms with van der Waals surface area (Å²) in [5.41, 5.74) is 0.728. The molecule has 2 heterocycles. The van der Waals surface area contributed by atoms with E-state index in [0.717, 1.165) is 18.4 Å². The zero-order chi connectivity index (χ0) is 15.1. The van der Waals surface area contributed by atoms with E-state index in [1.807, 2.05) is 12.5 Å². The van der Waals surface area contributed by atoms with Crippen LogP contribution in [0.2, 0.25) is 10.0 Å². The molecule has 5 nitrogen and oxygen atoms in total. The molecule has 0 spiro atoms. The summed E-state index contributed by atoms with van der Waals surface area (Å²) in [6, 6.07) is 5.69. The van der Waals surface area contributed by atoms with E-state index in [-0.39, 0.29) is 0 Å². The number of hydrogen-bond donors (Lipinski definition) is 0. The van der Waals surface area contributed by atoms with Crippen LogP contribution in [0.1, 0.15) is 30.7 Å².